The summed E-state index contributed by atoms with van der Waals surface area (Å²) in [5, 5.41) is 17.6. The minimum Gasteiger partial charge on any atom is -0.457 e. The van der Waals surface area contributed by atoms with Crippen LogP contribution in [-0.4, -0.2) is 41.3 Å². The highest BCUT2D eigenvalue weighted by Gasteiger charge is 2.13. The molecule has 0 aliphatic rings. The van der Waals surface area contributed by atoms with Gasteiger partial charge < -0.3 is 14.9 Å². The highest BCUT2D eigenvalue weighted by atomic mass is 16.6. The molecule has 2 N–H and O–H groups in total. The SMILES string of the molecule is CCCCCCCCCCC(=O)CCC(=O)OC(CO)CO. The summed E-state index contributed by atoms with van der Waals surface area (Å²) in [5.41, 5.74) is 0. The van der Waals surface area contributed by atoms with Crippen molar-refractivity contribution in [3.8, 4) is 0 Å². The van der Waals surface area contributed by atoms with Gasteiger partial charge in [0, 0.05) is 12.8 Å². The van der Waals surface area contributed by atoms with Crippen LogP contribution < -0.4 is 0 Å². The average Bonchev–Trinajstić information content (AvgIpc) is 2.53. The predicted molar refractivity (Wildman–Crippen MR) is 85.5 cm³/mol. The molecule has 0 amide bonds. The topological polar surface area (TPSA) is 83.8 Å². The van der Waals surface area contributed by atoms with E-state index >= 15 is 0 Å². The monoisotopic (exact) mass is 316 g/mol. The molecule has 0 atom stereocenters. The molecule has 0 unspecified atom stereocenters. The molecule has 0 radical (unpaired) electrons. The van der Waals surface area contributed by atoms with Gasteiger partial charge in [0.2, 0.25) is 0 Å². The van der Waals surface area contributed by atoms with Crippen molar-refractivity contribution < 1.29 is 24.5 Å². The van der Waals surface area contributed by atoms with E-state index in [-0.39, 0.29) is 18.6 Å². The molecule has 5 nitrogen and oxygen atoms in total. The van der Waals surface area contributed by atoms with E-state index in [4.69, 9.17) is 14.9 Å². The Morgan fingerprint density at radius 2 is 1.36 bits per heavy atom. The summed E-state index contributed by atoms with van der Waals surface area (Å²) in [6.45, 7) is 1.39. The average molecular weight is 316 g/mol. The van der Waals surface area contributed by atoms with E-state index < -0.39 is 25.3 Å². The molecule has 22 heavy (non-hydrogen) atoms. The number of hydrogen-bond donors (Lipinski definition) is 2. The summed E-state index contributed by atoms with van der Waals surface area (Å²) in [5.74, 6) is -0.468. The summed E-state index contributed by atoms with van der Waals surface area (Å²) in [7, 11) is 0. The Labute approximate surface area is 134 Å². The first kappa shape index (κ1) is 21.1. The molecule has 0 aliphatic heterocycles. The van der Waals surface area contributed by atoms with Gasteiger partial charge in [0.15, 0.2) is 0 Å². The van der Waals surface area contributed by atoms with Gasteiger partial charge in [-0.3, -0.25) is 9.59 Å². The number of rotatable bonds is 15. The molecule has 0 aromatic rings. The van der Waals surface area contributed by atoms with Crippen LogP contribution in [0.2, 0.25) is 0 Å². The van der Waals surface area contributed by atoms with Gasteiger partial charge in [-0.1, -0.05) is 51.9 Å². The molecule has 0 heterocycles. The molecule has 0 saturated carbocycles. The van der Waals surface area contributed by atoms with E-state index in [1.54, 1.807) is 0 Å². The van der Waals surface area contributed by atoms with Crippen molar-refractivity contribution in [1.82, 2.24) is 0 Å². The minimum atomic E-state index is -0.879. The summed E-state index contributed by atoms with van der Waals surface area (Å²) in [4.78, 5) is 23.0. The Morgan fingerprint density at radius 1 is 0.818 bits per heavy atom. The molecule has 0 aromatic heterocycles. The van der Waals surface area contributed by atoms with Crippen LogP contribution >= 0.6 is 0 Å². The third-order valence-electron chi connectivity index (χ3n) is 3.62. The lowest BCUT2D eigenvalue weighted by molar-refractivity contribution is -0.154. The lowest BCUT2D eigenvalue weighted by Crippen LogP contribution is -2.25. The zero-order chi connectivity index (χ0) is 16.6. The number of Topliss-reactive ketones (excluding diaryl/α,β-unsaturated/α-hetero) is 1. The van der Waals surface area contributed by atoms with Crippen molar-refractivity contribution in [3.63, 3.8) is 0 Å². The molecule has 130 valence electrons. The van der Waals surface area contributed by atoms with Crippen LogP contribution in [0.25, 0.3) is 0 Å². The van der Waals surface area contributed by atoms with Gasteiger partial charge in [0.05, 0.1) is 19.6 Å². The van der Waals surface area contributed by atoms with Crippen LogP contribution in [0.5, 0.6) is 0 Å². The minimum absolute atomic E-state index is 0.0202. The number of aliphatic hydroxyl groups is 2. The van der Waals surface area contributed by atoms with Gasteiger partial charge in [-0.05, 0) is 6.42 Å². The van der Waals surface area contributed by atoms with Crippen molar-refractivity contribution in [2.45, 2.75) is 83.7 Å². The maximum absolute atomic E-state index is 11.6. The van der Waals surface area contributed by atoms with Gasteiger partial charge in [-0.2, -0.15) is 0 Å². The van der Waals surface area contributed by atoms with Crippen LogP contribution in [0, 0.1) is 0 Å². The second-order valence-electron chi connectivity index (χ2n) is 5.74. The van der Waals surface area contributed by atoms with Crippen molar-refractivity contribution in [3.05, 3.63) is 0 Å². The van der Waals surface area contributed by atoms with Crippen LogP contribution in [0.4, 0.5) is 0 Å². The Kier molecular flexibility index (Phi) is 14.3. The van der Waals surface area contributed by atoms with Crippen molar-refractivity contribution in [1.29, 1.82) is 0 Å². The quantitative estimate of drug-likeness (QED) is 0.358. The van der Waals surface area contributed by atoms with Gasteiger partial charge in [0.1, 0.15) is 11.9 Å². The summed E-state index contributed by atoms with van der Waals surface area (Å²) >= 11 is 0. The van der Waals surface area contributed by atoms with Crippen LogP contribution in [0.1, 0.15) is 77.6 Å². The molecule has 0 spiro atoms. The van der Waals surface area contributed by atoms with E-state index in [1.807, 2.05) is 0 Å². The third kappa shape index (κ3) is 12.8. The number of hydrogen-bond acceptors (Lipinski definition) is 5. The summed E-state index contributed by atoms with van der Waals surface area (Å²) in [6.07, 6.45) is 9.36. The zero-order valence-corrected chi connectivity index (χ0v) is 13.9. The lowest BCUT2D eigenvalue weighted by atomic mass is 10.0. The molecular formula is C17H32O5. The largest absolute Gasteiger partial charge is 0.457 e. The first-order valence-electron chi connectivity index (χ1n) is 8.56. The predicted octanol–water partition coefficient (Wildman–Crippen LogP) is 2.76. The van der Waals surface area contributed by atoms with Crippen LogP contribution in [-0.2, 0) is 14.3 Å². The number of unbranched alkanes of at least 4 members (excludes halogenated alkanes) is 7. The maximum atomic E-state index is 11.6. The number of esters is 1. The van der Waals surface area contributed by atoms with E-state index in [9.17, 15) is 9.59 Å². The molecule has 0 bridgehead atoms. The molecule has 0 fully saturated rings. The Morgan fingerprint density at radius 3 is 1.91 bits per heavy atom. The maximum Gasteiger partial charge on any atom is 0.306 e. The molecule has 5 heteroatoms. The van der Waals surface area contributed by atoms with Gasteiger partial charge in [-0.15, -0.1) is 0 Å². The molecule has 0 aliphatic carbocycles. The zero-order valence-electron chi connectivity index (χ0n) is 13.9. The number of carbonyl (C=O) groups is 2. The fourth-order valence-corrected chi connectivity index (χ4v) is 2.20. The Hall–Kier alpha value is -0.940. The number of carbonyl (C=O) groups excluding carboxylic acids is 2. The highest BCUT2D eigenvalue weighted by Crippen LogP contribution is 2.10. The van der Waals surface area contributed by atoms with Gasteiger partial charge in [0.25, 0.3) is 0 Å². The summed E-state index contributed by atoms with van der Waals surface area (Å²) in [6, 6.07) is 0. The van der Waals surface area contributed by atoms with E-state index in [1.165, 1.54) is 38.5 Å². The Balaban J connectivity index is 3.48. The van der Waals surface area contributed by atoms with E-state index in [0.717, 1.165) is 12.8 Å². The first-order chi connectivity index (χ1) is 10.6. The van der Waals surface area contributed by atoms with Crippen molar-refractivity contribution in [2.75, 3.05) is 13.2 Å². The van der Waals surface area contributed by atoms with E-state index in [2.05, 4.69) is 6.92 Å². The van der Waals surface area contributed by atoms with Crippen LogP contribution in [0.3, 0.4) is 0 Å². The standard InChI is InChI=1S/C17H32O5/c1-2-3-4-5-6-7-8-9-10-15(20)11-12-17(21)22-16(13-18)14-19/h16,18-19H,2-14H2,1H3. The number of ketones is 1. The second-order valence-corrected chi connectivity index (χ2v) is 5.74. The normalized spacial score (nSPS) is 10.9. The van der Waals surface area contributed by atoms with Crippen LogP contribution in [0.15, 0.2) is 0 Å². The fraction of sp³-hybridized carbons (Fsp3) is 0.882. The fourth-order valence-electron chi connectivity index (χ4n) is 2.20. The number of aliphatic hydroxyl groups excluding tert-OH is 2. The smallest absolute Gasteiger partial charge is 0.306 e. The first-order valence-corrected chi connectivity index (χ1v) is 8.56. The highest BCUT2D eigenvalue weighted by molar-refractivity contribution is 5.82. The molecule has 0 aromatic carbocycles. The number of ether oxygens (including phenoxy) is 1. The third-order valence-corrected chi connectivity index (χ3v) is 3.62. The summed E-state index contributed by atoms with van der Waals surface area (Å²) < 4.78 is 4.80. The second kappa shape index (κ2) is 15.0. The molecule has 0 saturated heterocycles. The molecule has 0 rings (SSSR count). The van der Waals surface area contributed by atoms with E-state index in [0.29, 0.717) is 6.42 Å². The Bertz CT molecular complexity index is 287. The molecular weight excluding hydrogens is 284 g/mol. The van der Waals surface area contributed by atoms with Gasteiger partial charge in [-0.25, -0.2) is 0 Å². The van der Waals surface area contributed by atoms with Crippen molar-refractivity contribution >= 4 is 11.8 Å². The van der Waals surface area contributed by atoms with Gasteiger partial charge >= 0.3 is 5.97 Å². The van der Waals surface area contributed by atoms with Crippen molar-refractivity contribution in [2.24, 2.45) is 0 Å². The lowest BCUT2D eigenvalue weighted by Gasteiger charge is -2.12.